The Bertz CT molecular complexity index is 878. The molecule has 0 aliphatic rings. The molecule has 148 valence electrons. The molecule has 0 unspecified atom stereocenters. The third-order valence-electron chi connectivity index (χ3n) is 4.29. The van der Waals surface area contributed by atoms with Gasteiger partial charge in [0.25, 0.3) is 0 Å². The van der Waals surface area contributed by atoms with E-state index in [0.29, 0.717) is 17.1 Å². The SMILES string of the molecule is COc1ccc(OC)c(C=NNC(=O)CCC(=O)Nc2cccc(C)c2C)c1. The summed E-state index contributed by atoms with van der Waals surface area (Å²) in [6.45, 7) is 3.92. The Hall–Kier alpha value is -3.35. The first-order chi connectivity index (χ1) is 13.4. The molecule has 2 aromatic carbocycles. The van der Waals surface area contributed by atoms with E-state index in [1.54, 1.807) is 32.4 Å². The van der Waals surface area contributed by atoms with Gasteiger partial charge in [0.15, 0.2) is 0 Å². The van der Waals surface area contributed by atoms with Crippen LogP contribution in [0.2, 0.25) is 0 Å². The molecule has 0 aliphatic heterocycles. The highest BCUT2D eigenvalue weighted by Gasteiger charge is 2.09. The third kappa shape index (κ3) is 5.84. The maximum Gasteiger partial charge on any atom is 0.240 e. The summed E-state index contributed by atoms with van der Waals surface area (Å²) < 4.78 is 10.4. The Balaban J connectivity index is 1.85. The largest absolute Gasteiger partial charge is 0.497 e. The standard InChI is InChI=1S/C21H25N3O4/c1-14-6-5-7-18(15(14)2)23-20(25)10-11-21(26)24-22-13-16-12-17(27-3)8-9-19(16)28-4/h5-9,12-13H,10-11H2,1-4H3,(H,23,25)(H,24,26). The minimum absolute atomic E-state index is 0.0310. The first kappa shape index (κ1) is 21.0. The molecule has 7 nitrogen and oxygen atoms in total. The van der Waals surface area contributed by atoms with Gasteiger partial charge in [0.05, 0.1) is 20.4 Å². The van der Waals surface area contributed by atoms with E-state index in [2.05, 4.69) is 15.8 Å². The lowest BCUT2D eigenvalue weighted by molar-refractivity contribution is -0.124. The number of hydrogen-bond donors (Lipinski definition) is 2. The lowest BCUT2D eigenvalue weighted by Gasteiger charge is -2.10. The first-order valence-electron chi connectivity index (χ1n) is 8.84. The van der Waals surface area contributed by atoms with Crippen LogP contribution in [0.25, 0.3) is 0 Å². The average Bonchev–Trinajstić information content (AvgIpc) is 2.69. The second-order valence-electron chi connectivity index (χ2n) is 6.20. The van der Waals surface area contributed by atoms with Gasteiger partial charge >= 0.3 is 0 Å². The second-order valence-corrected chi connectivity index (χ2v) is 6.20. The second kappa shape index (κ2) is 10.1. The number of methoxy groups -OCH3 is 2. The Kier molecular flexibility index (Phi) is 7.56. The van der Waals surface area contributed by atoms with Crippen molar-refractivity contribution in [2.24, 2.45) is 5.10 Å². The minimum atomic E-state index is -0.353. The summed E-state index contributed by atoms with van der Waals surface area (Å²) in [7, 11) is 3.11. The summed E-state index contributed by atoms with van der Waals surface area (Å²) in [6, 6.07) is 11.0. The van der Waals surface area contributed by atoms with Gasteiger partial charge in [-0.3, -0.25) is 9.59 Å². The van der Waals surface area contributed by atoms with Crippen LogP contribution in [0.3, 0.4) is 0 Å². The van der Waals surface area contributed by atoms with Crippen molar-refractivity contribution in [2.45, 2.75) is 26.7 Å². The zero-order chi connectivity index (χ0) is 20.5. The molecule has 0 saturated carbocycles. The number of benzene rings is 2. The molecule has 2 rings (SSSR count). The zero-order valence-corrected chi connectivity index (χ0v) is 16.5. The van der Waals surface area contributed by atoms with Crippen LogP contribution in [-0.4, -0.2) is 32.2 Å². The lowest BCUT2D eigenvalue weighted by Crippen LogP contribution is -2.21. The number of hydrogen-bond acceptors (Lipinski definition) is 5. The third-order valence-corrected chi connectivity index (χ3v) is 4.29. The van der Waals surface area contributed by atoms with Gasteiger partial charge in [0.2, 0.25) is 11.8 Å². The predicted octanol–water partition coefficient (Wildman–Crippen LogP) is 3.19. The first-order valence-corrected chi connectivity index (χ1v) is 8.84. The number of carbonyl (C=O) groups excluding carboxylic acids is 2. The molecule has 0 aromatic heterocycles. The molecule has 2 N–H and O–H groups in total. The van der Waals surface area contributed by atoms with E-state index in [1.807, 2.05) is 32.0 Å². The van der Waals surface area contributed by atoms with Crippen molar-refractivity contribution in [1.29, 1.82) is 0 Å². The summed E-state index contributed by atoms with van der Waals surface area (Å²) in [4.78, 5) is 24.0. The fourth-order valence-electron chi connectivity index (χ4n) is 2.50. The summed E-state index contributed by atoms with van der Waals surface area (Å²) in [5, 5.41) is 6.75. The number of aryl methyl sites for hydroxylation is 1. The highest BCUT2D eigenvalue weighted by molar-refractivity contribution is 5.94. The summed E-state index contributed by atoms with van der Waals surface area (Å²) >= 11 is 0. The van der Waals surface area contributed by atoms with Crippen molar-refractivity contribution in [1.82, 2.24) is 5.43 Å². The van der Waals surface area contributed by atoms with E-state index in [1.165, 1.54) is 6.21 Å². The highest BCUT2D eigenvalue weighted by atomic mass is 16.5. The smallest absolute Gasteiger partial charge is 0.240 e. The molecule has 0 bridgehead atoms. The molecule has 0 radical (unpaired) electrons. The Morgan fingerprint density at radius 3 is 2.50 bits per heavy atom. The van der Waals surface area contributed by atoms with E-state index in [0.717, 1.165) is 16.8 Å². The zero-order valence-electron chi connectivity index (χ0n) is 16.5. The van der Waals surface area contributed by atoms with Gasteiger partial charge in [-0.05, 0) is 49.2 Å². The quantitative estimate of drug-likeness (QED) is 0.541. The van der Waals surface area contributed by atoms with Gasteiger partial charge in [-0.25, -0.2) is 5.43 Å². The fourth-order valence-corrected chi connectivity index (χ4v) is 2.50. The molecule has 2 aromatic rings. The Morgan fingerprint density at radius 2 is 1.79 bits per heavy atom. The van der Waals surface area contributed by atoms with E-state index in [4.69, 9.17) is 9.47 Å². The average molecular weight is 383 g/mol. The van der Waals surface area contributed by atoms with Crippen molar-refractivity contribution in [3.05, 3.63) is 53.1 Å². The van der Waals surface area contributed by atoms with Gasteiger partial charge in [0, 0.05) is 24.1 Å². The van der Waals surface area contributed by atoms with Gasteiger partial charge < -0.3 is 14.8 Å². The van der Waals surface area contributed by atoms with E-state index in [-0.39, 0.29) is 24.7 Å². The van der Waals surface area contributed by atoms with Crippen molar-refractivity contribution >= 4 is 23.7 Å². The molecule has 0 heterocycles. The number of rotatable bonds is 8. The number of amides is 2. The van der Waals surface area contributed by atoms with Crippen LogP contribution in [0.5, 0.6) is 11.5 Å². The van der Waals surface area contributed by atoms with Crippen molar-refractivity contribution in [3.63, 3.8) is 0 Å². The van der Waals surface area contributed by atoms with Crippen molar-refractivity contribution in [3.8, 4) is 11.5 Å². The molecule has 28 heavy (non-hydrogen) atoms. The maximum atomic E-state index is 12.1. The minimum Gasteiger partial charge on any atom is -0.497 e. The predicted molar refractivity (Wildman–Crippen MR) is 109 cm³/mol. The van der Waals surface area contributed by atoms with E-state index >= 15 is 0 Å². The number of nitrogens with one attached hydrogen (secondary N) is 2. The van der Waals surface area contributed by atoms with Gasteiger partial charge in [0.1, 0.15) is 11.5 Å². The van der Waals surface area contributed by atoms with Crippen LogP contribution in [0.4, 0.5) is 5.69 Å². The molecule has 0 aliphatic carbocycles. The molecule has 7 heteroatoms. The lowest BCUT2D eigenvalue weighted by atomic mass is 10.1. The highest BCUT2D eigenvalue weighted by Crippen LogP contribution is 2.22. The fraction of sp³-hybridized carbons (Fsp3) is 0.286. The number of nitrogens with zero attached hydrogens (tertiary/aromatic N) is 1. The van der Waals surface area contributed by atoms with Crippen LogP contribution in [-0.2, 0) is 9.59 Å². The summed E-state index contributed by atoms with van der Waals surface area (Å²) in [5.74, 6) is 0.680. The summed E-state index contributed by atoms with van der Waals surface area (Å²) in [5.41, 5.74) is 5.94. The van der Waals surface area contributed by atoms with E-state index < -0.39 is 0 Å². The Morgan fingerprint density at radius 1 is 1.04 bits per heavy atom. The molecule has 2 amide bonds. The molecule has 0 atom stereocenters. The molecular weight excluding hydrogens is 358 g/mol. The molecule has 0 saturated heterocycles. The van der Waals surface area contributed by atoms with E-state index in [9.17, 15) is 9.59 Å². The summed E-state index contributed by atoms with van der Waals surface area (Å²) in [6.07, 6.45) is 1.57. The molecule has 0 fully saturated rings. The van der Waals surface area contributed by atoms with Crippen LogP contribution < -0.4 is 20.2 Å². The van der Waals surface area contributed by atoms with Crippen molar-refractivity contribution < 1.29 is 19.1 Å². The normalized spacial score (nSPS) is 10.6. The van der Waals surface area contributed by atoms with Gasteiger partial charge in [-0.15, -0.1) is 0 Å². The monoisotopic (exact) mass is 383 g/mol. The maximum absolute atomic E-state index is 12.1. The molecule has 0 spiro atoms. The number of carbonyl (C=O) groups is 2. The molecular formula is C21H25N3O4. The van der Waals surface area contributed by atoms with Gasteiger partial charge in [-0.2, -0.15) is 5.10 Å². The van der Waals surface area contributed by atoms with Crippen molar-refractivity contribution in [2.75, 3.05) is 19.5 Å². The number of anilines is 1. The topological polar surface area (TPSA) is 89.0 Å². The van der Waals surface area contributed by atoms with Crippen LogP contribution in [0.15, 0.2) is 41.5 Å². The van der Waals surface area contributed by atoms with Crippen LogP contribution in [0.1, 0.15) is 29.5 Å². The Labute approximate surface area is 164 Å². The van der Waals surface area contributed by atoms with Crippen LogP contribution >= 0.6 is 0 Å². The number of ether oxygens (including phenoxy) is 2. The van der Waals surface area contributed by atoms with Crippen LogP contribution in [0, 0.1) is 13.8 Å². The van der Waals surface area contributed by atoms with Gasteiger partial charge in [-0.1, -0.05) is 12.1 Å². The number of hydrazone groups is 1.